The van der Waals surface area contributed by atoms with Crippen molar-refractivity contribution in [2.45, 2.75) is 39.8 Å². The summed E-state index contributed by atoms with van der Waals surface area (Å²) in [6.45, 7) is 6.83. The molecule has 1 unspecified atom stereocenters. The third kappa shape index (κ3) is 4.28. The highest BCUT2D eigenvalue weighted by Crippen LogP contribution is 2.18. The highest BCUT2D eigenvalue weighted by molar-refractivity contribution is 5.98. The van der Waals surface area contributed by atoms with Gasteiger partial charge >= 0.3 is 0 Å². The van der Waals surface area contributed by atoms with Crippen molar-refractivity contribution in [1.82, 2.24) is 15.1 Å². The molecule has 1 amide bonds. The van der Waals surface area contributed by atoms with Crippen LogP contribution in [-0.2, 0) is 6.54 Å². The second kappa shape index (κ2) is 7.68. The molecule has 0 aliphatic heterocycles. The van der Waals surface area contributed by atoms with Crippen LogP contribution in [0.4, 0.5) is 4.39 Å². The van der Waals surface area contributed by atoms with Crippen LogP contribution in [0.2, 0.25) is 0 Å². The highest BCUT2D eigenvalue weighted by Gasteiger charge is 2.13. The van der Waals surface area contributed by atoms with Crippen LogP contribution in [0.25, 0.3) is 10.9 Å². The minimum absolute atomic E-state index is 0.0745. The molecule has 1 heterocycles. The number of carbonyl (C=O) groups excluding carboxylic acids is 1. The number of amides is 1. The van der Waals surface area contributed by atoms with E-state index < -0.39 is 0 Å². The maximum Gasteiger partial charge on any atom is 0.251 e. The summed E-state index contributed by atoms with van der Waals surface area (Å²) in [5.74, 6) is 0.202. The molecule has 136 valence electrons. The second-order valence-corrected chi connectivity index (χ2v) is 7.21. The van der Waals surface area contributed by atoms with Crippen LogP contribution in [-0.4, -0.2) is 21.7 Å². The number of carbonyl (C=O) groups is 1. The summed E-state index contributed by atoms with van der Waals surface area (Å²) in [7, 11) is 0. The highest BCUT2D eigenvalue weighted by atomic mass is 19.1. The Hall–Kier alpha value is -2.69. The van der Waals surface area contributed by atoms with Crippen LogP contribution in [0.15, 0.2) is 48.7 Å². The van der Waals surface area contributed by atoms with E-state index in [0.717, 1.165) is 22.9 Å². The van der Waals surface area contributed by atoms with Crippen LogP contribution in [0.1, 0.15) is 43.1 Å². The fraction of sp³-hybridized carbons (Fsp3) is 0.333. The summed E-state index contributed by atoms with van der Waals surface area (Å²) in [6.07, 6.45) is 2.72. The van der Waals surface area contributed by atoms with Gasteiger partial charge in [0.25, 0.3) is 5.91 Å². The number of aromatic nitrogens is 2. The van der Waals surface area contributed by atoms with E-state index in [4.69, 9.17) is 0 Å². The Morgan fingerprint density at radius 2 is 1.88 bits per heavy atom. The van der Waals surface area contributed by atoms with E-state index in [-0.39, 0.29) is 17.8 Å². The molecule has 0 radical (unpaired) electrons. The maximum atomic E-state index is 13.1. The van der Waals surface area contributed by atoms with Crippen molar-refractivity contribution in [3.8, 4) is 0 Å². The Morgan fingerprint density at radius 3 is 2.58 bits per heavy atom. The first-order valence-corrected chi connectivity index (χ1v) is 8.93. The van der Waals surface area contributed by atoms with Gasteiger partial charge in [0, 0.05) is 17.0 Å². The summed E-state index contributed by atoms with van der Waals surface area (Å²) in [6, 6.07) is 12.1. The predicted octanol–water partition coefficient (Wildman–Crippen LogP) is 4.39. The SMILES string of the molecule is CC(C)CC(C)NC(=O)c1ccc2cnn(Cc3ccc(F)cc3)c2c1. The lowest BCUT2D eigenvalue weighted by Crippen LogP contribution is -2.33. The van der Waals surface area contributed by atoms with Crippen LogP contribution < -0.4 is 5.32 Å². The number of rotatable bonds is 6. The number of fused-ring (bicyclic) bond motifs is 1. The first-order valence-electron chi connectivity index (χ1n) is 8.93. The van der Waals surface area contributed by atoms with Gasteiger partial charge in [0.2, 0.25) is 0 Å². The van der Waals surface area contributed by atoms with Crippen molar-refractivity contribution >= 4 is 16.8 Å². The molecule has 4 nitrogen and oxygen atoms in total. The Labute approximate surface area is 153 Å². The molecule has 0 aliphatic rings. The lowest BCUT2D eigenvalue weighted by Gasteiger charge is -2.16. The van der Waals surface area contributed by atoms with Crippen molar-refractivity contribution in [2.75, 3.05) is 0 Å². The number of hydrogen-bond acceptors (Lipinski definition) is 2. The zero-order chi connectivity index (χ0) is 18.7. The first-order chi connectivity index (χ1) is 12.4. The predicted molar refractivity (Wildman–Crippen MR) is 102 cm³/mol. The van der Waals surface area contributed by atoms with Crippen molar-refractivity contribution in [1.29, 1.82) is 0 Å². The summed E-state index contributed by atoms with van der Waals surface area (Å²) in [5.41, 5.74) is 2.46. The van der Waals surface area contributed by atoms with Gasteiger partial charge in [-0.25, -0.2) is 4.39 Å². The van der Waals surface area contributed by atoms with Gasteiger partial charge in [0.15, 0.2) is 0 Å². The second-order valence-electron chi connectivity index (χ2n) is 7.21. The van der Waals surface area contributed by atoms with E-state index in [1.807, 2.05) is 29.8 Å². The summed E-state index contributed by atoms with van der Waals surface area (Å²) < 4.78 is 14.9. The molecule has 26 heavy (non-hydrogen) atoms. The molecule has 1 atom stereocenters. The van der Waals surface area contributed by atoms with Crippen LogP contribution >= 0.6 is 0 Å². The lowest BCUT2D eigenvalue weighted by molar-refractivity contribution is 0.0936. The van der Waals surface area contributed by atoms with Crippen LogP contribution in [0.3, 0.4) is 0 Å². The maximum absolute atomic E-state index is 13.1. The average Bonchev–Trinajstić information content (AvgIpc) is 2.98. The smallest absolute Gasteiger partial charge is 0.251 e. The van der Waals surface area contributed by atoms with E-state index in [2.05, 4.69) is 24.3 Å². The number of nitrogens with zero attached hydrogens (tertiary/aromatic N) is 2. The topological polar surface area (TPSA) is 46.9 Å². The lowest BCUT2D eigenvalue weighted by atomic mass is 10.0. The summed E-state index contributed by atoms with van der Waals surface area (Å²) >= 11 is 0. The number of hydrogen-bond donors (Lipinski definition) is 1. The molecule has 0 bridgehead atoms. The van der Waals surface area contributed by atoms with E-state index in [1.54, 1.807) is 18.3 Å². The quantitative estimate of drug-likeness (QED) is 0.714. The Bertz CT molecular complexity index is 899. The summed E-state index contributed by atoms with van der Waals surface area (Å²) in [5, 5.41) is 8.43. The average molecular weight is 353 g/mol. The molecular formula is C21H24FN3O. The van der Waals surface area contributed by atoms with Gasteiger partial charge in [-0.05, 0) is 49.1 Å². The molecule has 0 spiro atoms. The van der Waals surface area contributed by atoms with Crippen molar-refractivity contribution in [3.05, 3.63) is 65.6 Å². The Morgan fingerprint density at radius 1 is 1.15 bits per heavy atom. The monoisotopic (exact) mass is 353 g/mol. The molecule has 3 aromatic rings. The summed E-state index contributed by atoms with van der Waals surface area (Å²) in [4.78, 5) is 12.5. The largest absolute Gasteiger partial charge is 0.350 e. The van der Waals surface area contributed by atoms with Gasteiger partial charge in [0.1, 0.15) is 5.82 Å². The number of nitrogens with one attached hydrogen (secondary N) is 1. The van der Waals surface area contributed by atoms with E-state index >= 15 is 0 Å². The molecular weight excluding hydrogens is 329 g/mol. The number of halogens is 1. The molecule has 0 aliphatic carbocycles. The number of benzene rings is 2. The molecule has 0 fully saturated rings. The third-order valence-electron chi connectivity index (χ3n) is 4.35. The standard InChI is InChI=1S/C21H24FN3O/c1-14(2)10-15(3)24-21(26)17-6-7-18-12-23-25(20(18)11-17)13-16-4-8-19(22)9-5-16/h4-9,11-12,14-15H,10,13H2,1-3H3,(H,24,26). The van der Waals surface area contributed by atoms with Crippen LogP contribution in [0.5, 0.6) is 0 Å². The van der Waals surface area contributed by atoms with Gasteiger partial charge in [-0.15, -0.1) is 0 Å². The minimum Gasteiger partial charge on any atom is -0.350 e. The van der Waals surface area contributed by atoms with E-state index in [1.165, 1.54) is 12.1 Å². The van der Waals surface area contributed by atoms with Crippen molar-refractivity contribution in [3.63, 3.8) is 0 Å². The van der Waals surface area contributed by atoms with Gasteiger partial charge in [-0.1, -0.05) is 32.0 Å². The van der Waals surface area contributed by atoms with Gasteiger partial charge in [-0.3, -0.25) is 9.48 Å². The molecule has 1 aromatic heterocycles. The van der Waals surface area contributed by atoms with E-state index in [0.29, 0.717) is 18.0 Å². The molecule has 5 heteroatoms. The fourth-order valence-electron chi connectivity index (χ4n) is 3.17. The Balaban J connectivity index is 1.81. The van der Waals surface area contributed by atoms with Crippen molar-refractivity contribution < 1.29 is 9.18 Å². The zero-order valence-electron chi connectivity index (χ0n) is 15.4. The molecule has 0 saturated heterocycles. The van der Waals surface area contributed by atoms with Gasteiger partial charge in [-0.2, -0.15) is 5.10 Å². The normalized spacial score (nSPS) is 12.5. The fourth-order valence-corrected chi connectivity index (χ4v) is 3.17. The van der Waals surface area contributed by atoms with Crippen molar-refractivity contribution in [2.24, 2.45) is 5.92 Å². The molecule has 3 rings (SSSR count). The van der Waals surface area contributed by atoms with Crippen LogP contribution in [0, 0.1) is 11.7 Å². The molecule has 1 N–H and O–H groups in total. The Kier molecular flexibility index (Phi) is 5.35. The molecule has 0 saturated carbocycles. The van der Waals surface area contributed by atoms with Gasteiger partial charge in [0.05, 0.1) is 18.3 Å². The first kappa shape index (κ1) is 18.1. The minimum atomic E-state index is -0.256. The third-order valence-corrected chi connectivity index (χ3v) is 4.35. The molecule has 2 aromatic carbocycles. The van der Waals surface area contributed by atoms with E-state index in [9.17, 15) is 9.18 Å². The zero-order valence-corrected chi connectivity index (χ0v) is 15.4. The van der Waals surface area contributed by atoms with Gasteiger partial charge < -0.3 is 5.32 Å².